The molecule has 0 aliphatic carbocycles. The summed E-state index contributed by atoms with van der Waals surface area (Å²) in [5.41, 5.74) is 2.21. The van der Waals surface area contributed by atoms with Crippen molar-refractivity contribution in [2.75, 3.05) is 7.11 Å². The van der Waals surface area contributed by atoms with Crippen molar-refractivity contribution in [3.8, 4) is 11.5 Å². The number of ether oxygens (including phenoxy) is 2. The van der Waals surface area contributed by atoms with Crippen molar-refractivity contribution in [2.24, 2.45) is 4.99 Å². The Morgan fingerprint density at radius 3 is 2.52 bits per heavy atom. The molecule has 0 bridgehead atoms. The molecule has 0 N–H and O–H groups in total. The average molecular weight is 360 g/mol. The molecule has 0 saturated carbocycles. The second-order valence-electron chi connectivity index (χ2n) is 5.73. The van der Waals surface area contributed by atoms with Gasteiger partial charge >= 0.3 is 0 Å². The van der Waals surface area contributed by atoms with Crippen molar-refractivity contribution in [3.63, 3.8) is 0 Å². The van der Waals surface area contributed by atoms with Gasteiger partial charge < -0.3 is 9.47 Å². The second-order valence-corrected chi connectivity index (χ2v) is 6.14. The van der Waals surface area contributed by atoms with Crippen LogP contribution in [0.5, 0.6) is 11.5 Å². The van der Waals surface area contributed by atoms with Crippen LogP contribution in [0.3, 0.4) is 0 Å². The summed E-state index contributed by atoms with van der Waals surface area (Å²) in [6.07, 6.45) is 2.62. The number of Topliss-reactive ketones (excluding diaryl/α,β-unsaturated/α-hetero) is 1. The van der Waals surface area contributed by atoms with Crippen LogP contribution in [0.25, 0.3) is 0 Å². The van der Waals surface area contributed by atoms with Gasteiger partial charge in [-0.2, -0.15) is 0 Å². The zero-order valence-electron chi connectivity index (χ0n) is 14.9. The summed E-state index contributed by atoms with van der Waals surface area (Å²) in [5, 5.41) is 0.480. The Morgan fingerprint density at radius 1 is 1.28 bits per heavy atom. The molecular weight excluding hydrogens is 338 g/mol. The number of nitrogens with zero attached hydrogens (tertiary/aromatic N) is 1. The first kappa shape index (κ1) is 19.0. The quantitative estimate of drug-likeness (QED) is 0.485. The number of halogens is 1. The molecule has 132 valence electrons. The molecule has 0 unspecified atom stereocenters. The van der Waals surface area contributed by atoms with Crippen molar-refractivity contribution in [1.82, 2.24) is 0 Å². The molecule has 25 heavy (non-hydrogen) atoms. The van der Waals surface area contributed by atoms with Crippen LogP contribution in [-0.4, -0.2) is 25.2 Å². The SMILES string of the molecule is CC[C@H](C)Oc1c(Cl)cc(C=Nc2ccc(C(C)=O)cc2)cc1OC. The highest BCUT2D eigenvalue weighted by Gasteiger charge is 2.14. The van der Waals surface area contributed by atoms with Crippen LogP contribution >= 0.6 is 11.6 Å². The van der Waals surface area contributed by atoms with E-state index in [1.165, 1.54) is 6.92 Å². The van der Waals surface area contributed by atoms with E-state index in [0.29, 0.717) is 22.1 Å². The summed E-state index contributed by atoms with van der Waals surface area (Å²) in [7, 11) is 1.58. The molecule has 0 aliphatic rings. The van der Waals surface area contributed by atoms with E-state index in [1.807, 2.05) is 19.9 Å². The summed E-state index contributed by atoms with van der Waals surface area (Å²) in [4.78, 5) is 15.7. The van der Waals surface area contributed by atoms with Crippen molar-refractivity contribution in [3.05, 3.63) is 52.5 Å². The van der Waals surface area contributed by atoms with E-state index in [4.69, 9.17) is 21.1 Å². The number of methoxy groups -OCH3 is 1. The van der Waals surface area contributed by atoms with Crippen LogP contribution in [0.1, 0.15) is 43.1 Å². The average Bonchev–Trinajstić information content (AvgIpc) is 2.61. The number of ketones is 1. The number of carbonyl (C=O) groups excluding carboxylic acids is 1. The van der Waals surface area contributed by atoms with Crippen molar-refractivity contribution < 1.29 is 14.3 Å². The Morgan fingerprint density at radius 2 is 1.96 bits per heavy atom. The molecule has 0 fully saturated rings. The van der Waals surface area contributed by atoms with Gasteiger partial charge in [-0.1, -0.05) is 18.5 Å². The van der Waals surface area contributed by atoms with Gasteiger partial charge in [0.1, 0.15) is 0 Å². The number of hydrogen-bond acceptors (Lipinski definition) is 4. The van der Waals surface area contributed by atoms with Gasteiger partial charge in [0.05, 0.1) is 23.9 Å². The maximum atomic E-state index is 11.3. The number of carbonyl (C=O) groups is 1. The molecule has 2 aromatic rings. The first-order valence-electron chi connectivity index (χ1n) is 8.13. The highest BCUT2D eigenvalue weighted by molar-refractivity contribution is 6.32. The van der Waals surface area contributed by atoms with Gasteiger partial charge in [0.2, 0.25) is 0 Å². The van der Waals surface area contributed by atoms with Gasteiger partial charge in [0.25, 0.3) is 0 Å². The molecule has 2 aromatic carbocycles. The fourth-order valence-electron chi connectivity index (χ4n) is 2.14. The topological polar surface area (TPSA) is 47.9 Å². The van der Waals surface area contributed by atoms with E-state index in [1.54, 1.807) is 43.7 Å². The molecule has 2 rings (SSSR count). The highest BCUT2D eigenvalue weighted by atomic mass is 35.5. The number of rotatable bonds is 7. The monoisotopic (exact) mass is 359 g/mol. The van der Waals surface area contributed by atoms with Crippen LogP contribution in [-0.2, 0) is 0 Å². The van der Waals surface area contributed by atoms with E-state index in [-0.39, 0.29) is 11.9 Å². The van der Waals surface area contributed by atoms with Gasteiger partial charge in [-0.05, 0) is 62.2 Å². The maximum absolute atomic E-state index is 11.3. The van der Waals surface area contributed by atoms with E-state index < -0.39 is 0 Å². The summed E-state index contributed by atoms with van der Waals surface area (Å²) < 4.78 is 11.2. The predicted octanol–water partition coefficient (Wildman–Crippen LogP) is 5.48. The maximum Gasteiger partial charge on any atom is 0.180 e. The van der Waals surface area contributed by atoms with Crippen LogP contribution < -0.4 is 9.47 Å². The van der Waals surface area contributed by atoms with E-state index in [0.717, 1.165) is 17.7 Å². The van der Waals surface area contributed by atoms with Crippen molar-refractivity contribution in [2.45, 2.75) is 33.3 Å². The molecule has 0 amide bonds. The number of aliphatic imine (C=N–C) groups is 1. The molecule has 5 heteroatoms. The lowest BCUT2D eigenvalue weighted by atomic mass is 10.1. The van der Waals surface area contributed by atoms with Gasteiger partial charge in [0, 0.05) is 11.8 Å². The third kappa shape index (κ3) is 5.07. The molecule has 1 atom stereocenters. The summed E-state index contributed by atoms with van der Waals surface area (Å²) in [5.74, 6) is 1.14. The van der Waals surface area contributed by atoms with Gasteiger partial charge in [-0.25, -0.2) is 0 Å². The number of hydrogen-bond donors (Lipinski definition) is 0. The molecule has 4 nitrogen and oxygen atoms in total. The minimum atomic E-state index is 0.0314. The highest BCUT2D eigenvalue weighted by Crippen LogP contribution is 2.37. The Kier molecular flexibility index (Phi) is 6.59. The summed E-state index contributed by atoms with van der Waals surface area (Å²) in [6.45, 7) is 5.56. The van der Waals surface area contributed by atoms with Crippen LogP contribution in [0.2, 0.25) is 5.02 Å². The molecule has 0 heterocycles. The first-order valence-corrected chi connectivity index (χ1v) is 8.51. The zero-order valence-corrected chi connectivity index (χ0v) is 15.6. The molecule has 0 aliphatic heterocycles. The lowest BCUT2D eigenvalue weighted by molar-refractivity contribution is 0.101. The minimum Gasteiger partial charge on any atom is -0.493 e. The Bertz CT molecular complexity index is 769. The third-order valence-electron chi connectivity index (χ3n) is 3.78. The first-order chi connectivity index (χ1) is 11.9. The van der Waals surface area contributed by atoms with E-state index in [9.17, 15) is 4.79 Å². The van der Waals surface area contributed by atoms with Crippen LogP contribution in [0.4, 0.5) is 5.69 Å². The zero-order chi connectivity index (χ0) is 18.4. The van der Waals surface area contributed by atoms with Gasteiger partial charge in [-0.15, -0.1) is 0 Å². The molecule has 0 radical (unpaired) electrons. The standard InChI is InChI=1S/C20H22ClNO3/c1-5-13(2)25-20-18(21)10-15(11-19(20)24-4)12-22-17-8-6-16(7-9-17)14(3)23/h6-13H,5H2,1-4H3/t13-/m0/s1. The minimum absolute atomic E-state index is 0.0314. The molecule has 0 saturated heterocycles. The Hall–Kier alpha value is -2.33. The molecule has 0 aromatic heterocycles. The summed E-state index contributed by atoms with van der Waals surface area (Å²) in [6, 6.07) is 10.7. The Labute approximate surface area is 153 Å². The largest absolute Gasteiger partial charge is 0.493 e. The lowest BCUT2D eigenvalue weighted by Gasteiger charge is -2.17. The van der Waals surface area contributed by atoms with E-state index in [2.05, 4.69) is 4.99 Å². The lowest BCUT2D eigenvalue weighted by Crippen LogP contribution is -2.11. The van der Waals surface area contributed by atoms with Crippen LogP contribution in [0, 0.1) is 0 Å². The molecular formula is C20H22ClNO3. The van der Waals surface area contributed by atoms with Crippen LogP contribution in [0.15, 0.2) is 41.4 Å². The fraction of sp³-hybridized carbons (Fsp3) is 0.300. The molecule has 0 spiro atoms. The fourth-order valence-corrected chi connectivity index (χ4v) is 2.41. The Balaban J connectivity index is 2.24. The smallest absolute Gasteiger partial charge is 0.180 e. The second kappa shape index (κ2) is 8.67. The predicted molar refractivity (Wildman–Crippen MR) is 102 cm³/mol. The summed E-state index contributed by atoms with van der Waals surface area (Å²) >= 11 is 6.35. The van der Waals surface area contributed by atoms with Crippen molar-refractivity contribution in [1.29, 1.82) is 0 Å². The van der Waals surface area contributed by atoms with Gasteiger partial charge in [-0.3, -0.25) is 9.79 Å². The van der Waals surface area contributed by atoms with Crippen molar-refractivity contribution >= 4 is 29.3 Å². The van der Waals surface area contributed by atoms with E-state index >= 15 is 0 Å². The number of benzene rings is 2. The third-order valence-corrected chi connectivity index (χ3v) is 4.06. The van der Waals surface area contributed by atoms with Gasteiger partial charge in [0.15, 0.2) is 17.3 Å². The normalized spacial score (nSPS) is 12.2.